The number of ether oxygens (including phenoxy) is 1. The number of rotatable bonds is 6. The molecule has 1 aliphatic heterocycles. The molecule has 0 spiro atoms. The van der Waals surface area contributed by atoms with Gasteiger partial charge in [0.05, 0.1) is 12.2 Å². The maximum absolute atomic E-state index is 13.8. The first kappa shape index (κ1) is 29.2. The third-order valence-corrected chi connectivity index (χ3v) is 6.42. The summed E-state index contributed by atoms with van der Waals surface area (Å²) in [6, 6.07) is 14.6. The van der Waals surface area contributed by atoms with Crippen LogP contribution in [0.25, 0.3) is 10.9 Å². The van der Waals surface area contributed by atoms with Gasteiger partial charge in [0, 0.05) is 30.1 Å². The van der Waals surface area contributed by atoms with Gasteiger partial charge < -0.3 is 30.6 Å². The molecule has 0 radical (unpaired) electrons. The lowest BCUT2D eigenvalue weighted by Crippen LogP contribution is -2.49. The summed E-state index contributed by atoms with van der Waals surface area (Å²) in [6.45, 7) is 7.33. The number of amides is 4. The van der Waals surface area contributed by atoms with Crippen molar-refractivity contribution in [1.82, 2.24) is 20.5 Å². The lowest BCUT2D eigenvalue weighted by atomic mass is 10.0. The summed E-state index contributed by atoms with van der Waals surface area (Å²) in [6.07, 6.45) is 0.458. The van der Waals surface area contributed by atoms with Crippen LogP contribution >= 0.6 is 0 Å². The number of likely N-dealkylation sites (tertiary alicyclic amines) is 1. The van der Waals surface area contributed by atoms with Crippen molar-refractivity contribution in [3.63, 3.8) is 0 Å². The second kappa shape index (κ2) is 12.6. The Morgan fingerprint density at radius 2 is 1.85 bits per heavy atom. The summed E-state index contributed by atoms with van der Waals surface area (Å²) in [4.78, 5) is 55.5. The van der Waals surface area contributed by atoms with Crippen LogP contribution in [0.3, 0.4) is 0 Å². The summed E-state index contributed by atoms with van der Waals surface area (Å²) in [7, 11) is 0. The van der Waals surface area contributed by atoms with Gasteiger partial charge in [-0.05, 0) is 69.4 Å². The number of hydrogen-bond donors (Lipinski definition) is 4. The third kappa shape index (κ3) is 7.88. The van der Waals surface area contributed by atoms with Crippen LogP contribution in [0, 0.1) is 11.8 Å². The highest BCUT2D eigenvalue weighted by molar-refractivity contribution is 6.00. The fourth-order valence-electron chi connectivity index (χ4n) is 4.64. The largest absolute Gasteiger partial charge is 0.444 e. The average molecular weight is 558 g/mol. The lowest BCUT2D eigenvalue weighted by Gasteiger charge is -2.29. The van der Waals surface area contributed by atoms with Gasteiger partial charge in [-0.15, -0.1) is 0 Å². The summed E-state index contributed by atoms with van der Waals surface area (Å²) in [5.74, 6) is 5.04. The molecule has 0 unspecified atom stereocenters. The second-order valence-electron chi connectivity index (χ2n) is 10.9. The van der Waals surface area contributed by atoms with Crippen LogP contribution in [-0.4, -0.2) is 58.4 Å². The molecule has 2 aromatic carbocycles. The molecule has 214 valence electrons. The van der Waals surface area contributed by atoms with Gasteiger partial charge in [0.15, 0.2) is 0 Å². The number of nitrogens with one attached hydrogen (secondary N) is 4. The minimum atomic E-state index is -0.999. The van der Waals surface area contributed by atoms with E-state index in [9.17, 15) is 19.2 Å². The molecule has 2 heterocycles. The number of aromatic nitrogens is 1. The molecule has 4 rings (SSSR count). The number of benzene rings is 2. The Hall–Kier alpha value is -4.78. The van der Waals surface area contributed by atoms with Gasteiger partial charge in [0.1, 0.15) is 17.7 Å². The highest BCUT2D eigenvalue weighted by Crippen LogP contribution is 2.26. The van der Waals surface area contributed by atoms with E-state index in [1.54, 1.807) is 51.1 Å². The minimum Gasteiger partial charge on any atom is -0.444 e. The summed E-state index contributed by atoms with van der Waals surface area (Å²) in [5.41, 5.74) is 1.99. The number of H-pyrrole nitrogens is 1. The van der Waals surface area contributed by atoms with E-state index >= 15 is 0 Å². The predicted octanol–water partition coefficient (Wildman–Crippen LogP) is 3.85. The molecular weight excluding hydrogens is 522 g/mol. The highest BCUT2D eigenvalue weighted by Gasteiger charge is 2.38. The summed E-state index contributed by atoms with van der Waals surface area (Å²) >= 11 is 0. The number of carbonyl (C=O) groups excluding carboxylic acids is 4. The van der Waals surface area contributed by atoms with Crippen molar-refractivity contribution < 1.29 is 23.9 Å². The molecule has 10 heteroatoms. The summed E-state index contributed by atoms with van der Waals surface area (Å²) in [5, 5.41) is 9.13. The fourth-order valence-corrected chi connectivity index (χ4v) is 4.64. The van der Waals surface area contributed by atoms with E-state index in [1.165, 1.54) is 11.8 Å². The first-order valence-corrected chi connectivity index (χ1v) is 13.5. The van der Waals surface area contributed by atoms with Crippen molar-refractivity contribution >= 4 is 40.4 Å². The van der Waals surface area contributed by atoms with Crippen LogP contribution < -0.4 is 16.0 Å². The molecule has 41 heavy (non-hydrogen) atoms. The number of alkyl carbamates (subject to hydrolysis) is 1. The maximum atomic E-state index is 13.8. The van der Waals surface area contributed by atoms with Gasteiger partial charge in [-0.1, -0.05) is 36.3 Å². The molecule has 1 aromatic heterocycles. The van der Waals surface area contributed by atoms with Crippen molar-refractivity contribution in [2.45, 2.75) is 58.2 Å². The second-order valence-corrected chi connectivity index (χ2v) is 10.9. The smallest absolute Gasteiger partial charge is 0.408 e. The molecule has 0 saturated carbocycles. The van der Waals surface area contributed by atoms with Crippen molar-refractivity contribution in [1.29, 1.82) is 0 Å². The Bertz CT molecular complexity index is 1500. The van der Waals surface area contributed by atoms with E-state index in [1.807, 2.05) is 24.3 Å². The molecule has 1 aliphatic rings. The predicted molar refractivity (Wildman–Crippen MR) is 156 cm³/mol. The van der Waals surface area contributed by atoms with Crippen LogP contribution in [0.2, 0.25) is 0 Å². The lowest BCUT2D eigenvalue weighted by molar-refractivity contribution is -0.138. The third-order valence-electron chi connectivity index (χ3n) is 6.42. The van der Waals surface area contributed by atoms with Gasteiger partial charge in [0.2, 0.25) is 11.8 Å². The zero-order valence-corrected chi connectivity index (χ0v) is 23.7. The number of anilines is 1. The van der Waals surface area contributed by atoms with Crippen molar-refractivity contribution in [2.24, 2.45) is 0 Å². The molecule has 3 aromatic rings. The van der Waals surface area contributed by atoms with Gasteiger partial charge in [-0.3, -0.25) is 14.4 Å². The normalized spacial score (nSPS) is 15.4. The van der Waals surface area contributed by atoms with E-state index in [2.05, 4.69) is 32.8 Å². The number of nitrogens with zero attached hydrogens (tertiary/aromatic N) is 1. The Morgan fingerprint density at radius 1 is 1.10 bits per heavy atom. The van der Waals surface area contributed by atoms with E-state index in [4.69, 9.17) is 4.74 Å². The standard InChI is InChI=1S/C31H35N5O5/c1-20(37)32-16-8-12-23-18-22-19-24(14-15-25(22)33-23)34-28(38)26-13-9-17-36(26)29(39)27(21-10-6-5-7-11-21)35-30(40)41-31(2,3)4/h5-7,10-11,14-15,18-19,26-27,33H,9,13,16-17H2,1-4H3,(H,32,37)(H,34,38)(H,35,40)/t26-,27+/m0/s1. The number of hydrogen-bond acceptors (Lipinski definition) is 5. The minimum absolute atomic E-state index is 0.145. The number of aromatic amines is 1. The maximum Gasteiger partial charge on any atom is 0.408 e. The number of carbonyl (C=O) groups is 4. The fraction of sp³-hybridized carbons (Fsp3) is 0.355. The Kier molecular flexibility index (Phi) is 8.97. The van der Waals surface area contributed by atoms with Crippen LogP contribution in [0.5, 0.6) is 0 Å². The van der Waals surface area contributed by atoms with Crippen LogP contribution in [0.4, 0.5) is 10.5 Å². The molecule has 10 nitrogen and oxygen atoms in total. The summed E-state index contributed by atoms with van der Waals surface area (Å²) < 4.78 is 5.40. The monoisotopic (exact) mass is 557 g/mol. The highest BCUT2D eigenvalue weighted by atomic mass is 16.6. The first-order chi connectivity index (χ1) is 19.5. The zero-order valence-electron chi connectivity index (χ0n) is 23.7. The van der Waals surface area contributed by atoms with Crippen molar-refractivity contribution in [3.8, 4) is 11.8 Å². The van der Waals surface area contributed by atoms with Crippen LogP contribution in [-0.2, 0) is 19.1 Å². The van der Waals surface area contributed by atoms with Crippen molar-refractivity contribution in [2.75, 3.05) is 18.4 Å². The molecule has 0 aliphatic carbocycles. The van der Waals surface area contributed by atoms with Crippen LogP contribution in [0.1, 0.15) is 57.8 Å². The van der Waals surface area contributed by atoms with E-state index in [0.717, 1.165) is 10.9 Å². The Labute approximate surface area is 239 Å². The molecule has 2 atom stereocenters. The van der Waals surface area contributed by atoms with Gasteiger partial charge >= 0.3 is 6.09 Å². The quantitative estimate of drug-likeness (QED) is 0.342. The van der Waals surface area contributed by atoms with Gasteiger partial charge in [0.25, 0.3) is 5.91 Å². The topological polar surface area (TPSA) is 133 Å². The van der Waals surface area contributed by atoms with Crippen molar-refractivity contribution in [3.05, 3.63) is 65.9 Å². The van der Waals surface area contributed by atoms with Gasteiger partial charge in [-0.25, -0.2) is 4.79 Å². The molecular formula is C31H35N5O5. The van der Waals surface area contributed by atoms with E-state index < -0.39 is 23.8 Å². The average Bonchev–Trinajstić information content (AvgIpc) is 3.56. The molecule has 0 bridgehead atoms. The van der Waals surface area contributed by atoms with E-state index in [0.29, 0.717) is 36.3 Å². The molecule has 4 N–H and O–H groups in total. The molecule has 4 amide bonds. The molecule has 1 fully saturated rings. The van der Waals surface area contributed by atoms with E-state index in [-0.39, 0.29) is 24.3 Å². The zero-order chi connectivity index (χ0) is 29.6. The SMILES string of the molecule is CC(=O)NCC#Cc1cc2cc(NC(=O)[C@@H]3CCCN3C(=O)[C@H](NC(=O)OC(C)(C)C)c3ccccc3)ccc2[nH]1. The molecule has 1 saturated heterocycles. The Balaban J connectivity index is 1.47. The first-order valence-electron chi connectivity index (χ1n) is 13.5. The van der Waals surface area contributed by atoms with Crippen LogP contribution in [0.15, 0.2) is 54.6 Å². The Morgan fingerprint density at radius 3 is 2.56 bits per heavy atom. The number of fused-ring (bicyclic) bond motifs is 1. The van der Waals surface area contributed by atoms with Gasteiger partial charge in [-0.2, -0.15) is 0 Å².